The molecule has 0 saturated heterocycles. The molecule has 0 radical (unpaired) electrons. The molecule has 0 saturated carbocycles. The van der Waals surface area contributed by atoms with Crippen LogP contribution in [0.15, 0.2) is 24.3 Å². The van der Waals surface area contributed by atoms with Crippen LogP contribution >= 0.6 is 0 Å². The Labute approximate surface area is 118 Å². The number of carbonyl (C=O) groups excluding carboxylic acids is 1. The number of carbonyl (C=O) groups is 2. The second-order valence-electron chi connectivity index (χ2n) is 5.44. The van der Waals surface area contributed by atoms with Gasteiger partial charge in [0.05, 0.1) is 5.92 Å². The smallest absolute Gasteiger partial charge is 0.326 e. The Morgan fingerprint density at radius 1 is 1.30 bits per heavy atom. The van der Waals surface area contributed by atoms with Crippen molar-refractivity contribution in [3.8, 4) is 0 Å². The highest BCUT2D eigenvalue weighted by Crippen LogP contribution is 2.25. The molecule has 1 heterocycles. The number of carboxylic acid groups (broad SMARTS) is 1. The van der Waals surface area contributed by atoms with Crippen LogP contribution in [-0.2, 0) is 22.6 Å². The monoisotopic (exact) mass is 276 g/mol. The molecule has 1 aliphatic rings. The van der Waals surface area contributed by atoms with Crippen LogP contribution in [0.2, 0.25) is 0 Å². The Balaban J connectivity index is 2.31. The third kappa shape index (κ3) is 2.67. The first-order valence-corrected chi connectivity index (χ1v) is 6.77. The topological polar surface area (TPSA) is 83.6 Å². The molecular weight excluding hydrogens is 256 g/mol. The molecule has 0 bridgehead atoms. The van der Waals surface area contributed by atoms with E-state index in [1.165, 1.54) is 4.90 Å². The van der Waals surface area contributed by atoms with Gasteiger partial charge >= 0.3 is 5.97 Å². The third-order valence-electron chi connectivity index (χ3n) is 3.99. The minimum Gasteiger partial charge on any atom is -0.480 e. The minimum absolute atomic E-state index is 0.193. The molecule has 1 amide bonds. The zero-order valence-electron chi connectivity index (χ0n) is 11.7. The highest BCUT2D eigenvalue weighted by atomic mass is 16.4. The molecular formula is C15H20N2O3. The Bertz CT molecular complexity index is 528. The first-order valence-electron chi connectivity index (χ1n) is 6.77. The summed E-state index contributed by atoms with van der Waals surface area (Å²) in [6, 6.07) is 6.54. The fourth-order valence-corrected chi connectivity index (χ4v) is 2.46. The largest absolute Gasteiger partial charge is 0.480 e. The molecule has 0 spiro atoms. The van der Waals surface area contributed by atoms with Gasteiger partial charge in [0.2, 0.25) is 5.91 Å². The molecule has 0 aromatic heterocycles. The third-order valence-corrected chi connectivity index (χ3v) is 3.99. The molecule has 108 valence electrons. The van der Waals surface area contributed by atoms with Gasteiger partial charge in [-0.2, -0.15) is 0 Å². The van der Waals surface area contributed by atoms with E-state index in [4.69, 9.17) is 5.73 Å². The summed E-state index contributed by atoms with van der Waals surface area (Å²) in [5.41, 5.74) is 7.77. The van der Waals surface area contributed by atoms with E-state index in [9.17, 15) is 14.7 Å². The number of benzene rings is 1. The van der Waals surface area contributed by atoms with Gasteiger partial charge in [0.15, 0.2) is 0 Å². The van der Waals surface area contributed by atoms with E-state index < -0.39 is 12.0 Å². The fourth-order valence-electron chi connectivity index (χ4n) is 2.46. The predicted molar refractivity (Wildman–Crippen MR) is 74.9 cm³/mol. The van der Waals surface area contributed by atoms with Crippen LogP contribution in [0.1, 0.15) is 25.0 Å². The van der Waals surface area contributed by atoms with Gasteiger partial charge in [0.1, 0.15) is 6.04 Å². The molecule has 1 aromatic carbocycles. The lowest BCUT2D eigenvalue weighted by Gasteiger charge is -2.36. The molecule has 5 nitrogen and oxygen atoms in total. The summed E-state index contributed by atoms with van der Waals surface area (Å²) in [6.45, 7) is 3.84. The van der Waals surface area contributed by atoms with Gasteiger partial charge in [-0.1, -0.05) is 31.2 Å². The van der Waals surface area contributed by atoms with Crippen LogP contribution in [0, 0.1) is 5.92 Å². The number of fused-ring (bicyclic) bond motifs is 1. The first kappa shape index (κ1) is 14.5. The number of nitrogens with two attached hydrogens (primary N) is 1. The van der Waals surface area contributed by atoms with Gasteiger partial charge < -0.3 is 15.7 Å². The van der Waals surface area contributed by atoms with E-state index in [1.54, 1.807) is 13.8 Å². The summed E-state index contributed by atoms with van der Waals surface area (Å²) >= 11 is 0. The molecule has 1 aliphatic heterocycles. The minimum atomic E-state index is -0.968. The number of rotatable bonds is 3. The highest BCUT2D eigenvalue weighted by Gasteiger charge is 2.36. The first-order chi connectivity index (χ1) is 9.41. The fraction of sp³-hybridized carbons (Fsp3) is 0.467. The standard InChI is InChI=1S/C15H20N2O3/c1-9(10(2)16)14(18)17-8-12-6-4-3-5-11(12)7-13(17)15(19)20/h3-6,9-10,13H,7-8,16H2,1-2H3,(H,19,20)/t9?,10?,13-/m0/s1. The lowest BCUT2D eigenvalue weighted by atomic mass is 9.92. The zero-order valence-corrected chi connectivity index (χ0v) is 11.7. The zero-order chi connectivity index (χ0) is 14.9. The van der Waals surface area contributed by atoms with Crippen molar-refractivity contribution in [3.05, 3.63) is 35.4 Å². The van der Waals surface area contributed by atoms with Crippen LogP contribution < -0.4 is 5.73 Å². The van der Waals surface area contributed by atoms with E-state index in [0.717, 1.165) is 11.1 Å². The van der Waals surface area contributed by atoms with Crippen molar-refractivity contribution >= 4 is 11.9 Å². The van der Waals surface area contributed by atoms with Crippen molar-refractivity contribution in [1.29, 1.82) is 0 Å². The highest BCUT2D eigenvalue weighted by molar-refractivity contribution is 5.86. The van der Waals surface area contributed by atoms with Crippen molar-refractivity contribution in [2.75, 3.05) is 0 Å². The molecule has 0 aliphatic carbocycles. The molecule has 2 unspecified atom stereocenters. The second-order valence-corrected chi connectivity index (χ2v) is 5.44. The normalized spacial score (nSPS) is 20.9. The van der Waals surface area contributed by atoms with Crippen molar-refractivity contribution in [2.24, 2.45) is 11.7 Å². The summed E-state index contributed by atoms with van der Waals surface area (Å²) in [7, 11) is 0. The average Bonchev–Trinajstić information content (AvgIpc) is 2.44. The maximum absolute atomic E-state index is 12.4. The number of amides is 1. The van der Waals surface area contributed by atoms with Crippen molar-refractivity contribution < 1.29 is 14.7 Å². The Morgan fingerprint density at radius 3 is 2.45 bits per heavy atom. The van der Waals surface area contributed by atoms with E-state index in [0.29, 0.717) is 13.0 Å². The molecule has 20 heavy (non-hydrogen) atoms. The second kappa shape index (κ2) is 5.63. The predicted octanol–water partition coefficient (Wildman–Crippen LogP) is 1.01. The Hall–Kier alpha value is -1.88. The van der Waals surface area contributed by atoms with E-state index in [1.807, 2.05) is 24.3 Å². The maximum Gasteiger partial charge on any atom is 0.326 e. The number of nitrogens with zero attached hydrogens (tertiary/aromatic N) is 1. The molecule has 3 N–H and O–H groups in total. The van der Waals surface area contributed by atoms with Gasteiger partial charge in [-0.05, 0) is 18.1 Å². The van der Waals surface area contributed by atoms with E-state index >= 15 is 0 Å². The summed E-state index contributed by atoms with van der Waals surface area (Å²) in [6.07, 6.45) is 0.350. The van der Waals surface area contributed by atoms with E-state index in [-0.39, 0.29) is 17.9 Å². The molecule has 5 heteroatoms. The van der Waals surface area contributed by atoms with Crippen LogP contribution in [0.4, 0.5) is 0 Å². The molecule has 2 rings (SSSR count). The maximum atomic E-state index is 12.4. The van der Waals surface area contributed by atoms with Gasteiger partial charge in [0, 0.05) is 19.0 Å². The summed E-state index contributed by atoms with van der Waals surface area (Å²) in [4.78, 5) is 25.3. The van der Waals surface area contributed by atoms with Crippen LogP contribution in [0.25, 0.3) is 0 Å². The molecule has 3 atom stereocenters. The summed E-state index contributed by atoms with van der Waals surface area (Å²) in [5.74, 6) is -1.55. The lowest BCUT2D eigenvalue weighted by Crippen LogP contribution is -2.52. The van der Waals surface area contributed by atoms with Crippen molar-refractivity contribution in [1.82, 2.24) is 4.90 Å². The molecule has 1 aromatic rings. The number of hydrogen-bond donors (Lipinski definition) is 2. The molecule has 0 fully saturated rings. The summed E-state index contributed by atoms with van der Waals surface area (Å²) in [5, 5.41) is 9.38. The van der Waals surface area contributed by atoms with Gasteiger partial charge in [-0.3, -0.25) is 4.79 Å². The van der Waals surface area contributed by atoms with Crippen LogP contribution in [0.3, 0.4) is 0 Å². The van der Waals surface area contributed by atoms with E-state index in [2.05, 4.69) is 0 Å². The van der Waals surface area contributed by atoms with Crippen LogP contribution in [-0.4, -0.2) is 34.0 Å². The quantitative estimate of drug-likeness (QED) is 0.863. The van der Waals surface area contributed by atoms with Gasteiger partial charge in [0.25, 0.3) is 0 Å². The van der Waals surface area contributed by atoms with Gasteiger partial charge in [-0.25, -0.2) is 4.79 Å². The average molecular weight is 276 g/mol. The Kier molecular flexibility index (Phi) is 4.09. The Morgan fingerprint density at radius 2 is 1.90 bits per heavy atom. The number of carboxylic acids is 1. The number of aliphatic carboxylic acids is 1. The number of hydrogen-bond acceptors (Lipinski definition) is 3. The van der Waals surface area contributed by atoms with Gasteiger partial charge in [-0.15, -0.1) is 0 Å². The summed E-state index contributed by atoms with van der Waals surface area (Å²) < 4.78 is 0. The SMILES string of the molecule is CC(N)C(C)C(=O)N1Cc2ccccc2C[C@H]1C(=O)O. The van der Waals surface area contributed by atoms with Crippen molar-refractivity contribution in [3.63, 3.8) is 0 Å². The van der Waals surface area contributed by atoms with Crippen molar-refractivity contribution in [2.45, 2.75) is 38.9 Å². The van der Waals surface area contributed by atoms with Crippen LogP contribution in [0.5, 0.6) is 0 Å². The lowest BCUT2D eigenvalue weighted by molar-refractivity contribution is -0.153.